The molecular formula is C26H26F2N6O3. The van der Waals surface area contributed by atoms with E-state index in [9.17, 15) is 23.2 Å². The summed E-state index contributed by atoms with van der Waals surface area (Å²) in [6.45, 7) is 0.606. The number of hydrogen-bond donors (Lipinski definition) is 4. The Hall–Kier alpha value is -4.51. The van der Waals surface area contributed by atoms with E-state index in [0.717, 1.165) is 17.2 Å². The van der Waals surface area contributed by atoms with Crippen LogP contribution in [0.5, 0.6) is 0 Å². The monoisotopic (exact) mass is 508 g/mol. The molecule has 0 spiro atoms. The Labute approximate surface area is 212 Å². The van der Waals surface area contributed by atoms with Crippen molar-refractivity contribution in [3.63, 3.8) is 0 Å². The number of hydrogen-bond acceptors (Lipinski definition) is 4. The molecule has 0 radical (unpaired) electrons. The lowest BCUT2D eigenvalue weighted by Gasteiger charge is -2.29. The number of nitrogens with one attached hydrogen (secondary N) is 3. The zero-order valence-corrected chi connectivity index (χ0v) is 19.8. The topological polar surface area (TPSA) is 120 Å². The van der Waals surface area contributed by atoms with Crippen molar-refractivity contribution in [2.75, 3.05) is 23.7 Å². The van der Waals surface area contributed by atoms with Crippen LogP contribution in [0.1, 0.15) is 11.1 Å². The van der Waals surface area contributed by atoms with Crippen LogP contribution < -0.4 is 21.7 Å². The number of urea groups is 2. The molecule has 3 aromatic rings. The van der Waals surface area contributed by atoms with Gasteiger partial charge in [0.25, 0.3) is 5.91 Å². The second kappa shape index (κ2) is 11.5. The molecule has 0 saturated carbocycles. The highest BCUT2D eigenvalue weighted by atomic mass is 19.1. The maximum atomic E-state index is 13.6. The minimum Gasteiger partial charge on any atom is -0.349 e. The van der Waals surface area contributed by atoms with Crippen molar-refractivity contribution in [3.05, 3.63) is 95.6 Å². The van der Waals surface area contributed by atoms with Crippen LogP contribution in [0.15, 0.2) is 72.8 Å². The SMILES string of the molecule is NCc1cccc(CNC(=O)C2N(C(=O)Nc3ccc(F)cc3)CCN2C(=O)Nc2cccc(F)c2)c1. The minimum atomic E-state index is -1.29. The molecule has 0 aliphatic carbocycles. The Bertz CT molecular complexity index is 1290. The van der Waals surface area contributed by atoms with Crippen molar-refractivity contribution in [2.45, 2.75) is 19.3 Å². The Kier molecular flexibility index (Phi) is 7.94. The van der Waals surface area contributed by atoms with Crippen LogP contribution in [0, 0.1) is 11.6 Å². The average molecular weight is 509 g/mol. The number of amides is 5. The van der Waals surface area contributed by atoms with Crippen LogP contribution in [-0.4, -0.2) is 47.0 Å². The van der Waals surface area contributed by atoms with E-state index in [1.54, 1.807) is 0 Å². The highest BCUT2D eigenvalue weighted by molar-refractivity contribution is 5.98. The molecule has 1 atom stereocenters. The maximum Gasteiger partial charge on any atom is 0.323 e. The summed E-state index contributed by atoms with van der Waals surface area (Å²) >= 11 is 0. The standard InChI is InChI=1S/C26H26F2N6O3/c27-19-7-9-21(10-8-19)31-25(36)33-11-12-34(26(37)32-22-6-2-5-20(28)14-22)24(33)23(35)30-16-18-4-1-3-17(13-18)15-29/h1-10,13-14,24H,11-12,15-16,29H2,(H,30,35)(H,31,36)(H,32,37). The second-order valence-electron chi connectivity index (χ2n) is 8.38. The minimum absolute atomic E-state index is 0.0543. The largest absolute Gasteiger partial charge is 0.349 e. The van der Waals surface area contributed by atoms with Crippen LogP contribution in [0.4, 0.5) is 29.7 Å². The molecule has 1 saturated heterocycles. The molecule has 0 bridgehead atoms. The van der Waals surface area contributed by atoms with E-state index in [1.807, 2.05) is 24.3 Å². The fourth-order valence-corrected chi connectivity index (χ4v) is 3.97. The molecule has 5 amide bonds. The highest BCUT2D eigenvalue weighted by Crippen LogP contribution is 2.20. The lowest BCUT2D eigenvalue weighted by Crippen LogP contribution is -2.55. The van der Waals surface area contributed by atoms with Gasteiger partial charge in [-0.2, -0.15) is 0 Å². The molecular weight excluding hydrogens is 482 g/mol. The fourth-order valence-electron chi connectivity index (χ4n) is 3.97. The van der Waals surface area contributed by atoms with E-state index in [-0.39, 0.29) is 25.3 Å². The van der Waals surface area contributed by atoms with Gasteiger partial charge in [0.05, 0.1) is 0 Å². The van der Waals surface area contributed by atoms with Crippen LogP contribution >= 0.6 is 0 Å². The van der Waals surface area contributed by atoms with Gasteiger partial charge < -0.3 is 21.7 Å². The normalized spacial score (nSPS) is 14.8. The number of anilines is 2. The van der Waals surface area contributed by atoms with Gasteiger partial charge in [-0.25, -0.2) is 18.4 Å². The molecule has 11 heteroatoms. The van der Waals surface area contributed by atoms with Crippen molar-refractivity contribution >= 4 is 29.3 Å². The molecule has 1 heterocycles. The molecule has 1 fully saturated rings. The van der Waals surface area contributed by atoms with Crippen molar-refractivity contribution in [2.24, 2.45) is 5.73 Å². The maximum absolute atomic E-state index is 13.6. The number of carbonyl (C=O) groups is 3. The Morgan fingerprint density at radius 1 is 0.784 bits per heavy atom. The number of nitrogens with zero attached hydrogens (tertiary/aromatic N) is 2. The Morgan fingerprint density at radius 3 is 2.05 bits per heavy atom. The van der Waals surface area contributed by atoms with Gasteiger partial charge in [-0.1, -0.05) is 30.3 Å². The van der Waals surface area contributed by atoms with Gasteiger partial charge in [0, 0.05) is 37.6 Å². The van der Waals surface area contributed by atoms with E-state index in [0.29, 0.717) is 12.2 Å². The number of rotatable bonds is 6. The van der Waals surface area contributed by atoms with Crippen molar-refractivity contribution in [3.8, 4) is 0 Å². The summed E-state index contributed by atoms with van der Waals surface area (Å²) in [4.78, 5) is 41.8. The van der Waals surface area contributed by atoms with Crippen molar-refractivity contribution in [1.82, 2.24) is 15.1 Å². The zero-order chi connectivity index (χ0) is 26.4. The predicted molar refractivity (Wildman–Crippen MR) is 134 cm³/mol. The molecule has 37 heavy (non-hydrogen) atoms. The van der Waals surface area contributed by atoms with E-state index in [1.165, 1.54) is 52.3 Å². The summed E-state index contributed by atoms with van der Waals surface area (Å²) < 4.78 is 26.8. The Balaban J connectivity index is 1.52. The summed E-state index contributed by atoms with van der Waals surface area (Å²) in [7, 11) is 0. The molecule has 1 aliphatic heterocycles. The van der Waals surface area contributed by atoms with E-state index < -0.39 is 35.8 Å². The first-order chi connectivity index (χ1) is 17.8. The van der Waals surface area contributed by atoms with Crippen LogP contribution in [0.25, 0.3) is 0 Å². The molecule has 1 unspecified atom stereocenters. The van der Waals surface area contributed by atoms with Crippen LogP contribution in [-0.2, 0) is 17.9 Å². The molecule has 4 rings (SSSR count). The van der Waals surface area contributed by atoms with Gasteiger partial charge in [-0.15, -0.1) is 0 Å². The third kappa shape index (κ3) is 6.39. The van der Waals surface area contributed by atoms with Crippen LogP contribution in [0.2, 0.25) is 0 Å². The first-order valence-electron chi connectivity index (χ1n) is 11.6. The number of carbonyl (C=O) groups excluding carboxylic acids is 3. The van der Waals surface area contributed by atoms with Crippen molar-refractivity contribution in [1.29, 1.82) is 0 Å². The molecule has 0 aromatic heterocycles. The average Bonchev–Trinajstić information content (AvgIpc) is 3.34. The van der Waals surface area contributed by atoms with E-state index >= 15 is 0 Å². The van der Waals surface area contributed by atoms with Gasteiger partial charge in [-0.3, -0.25) is 14.6 Å². The number of halogens is 2. The van der Waals surface area contributed by atoms with Gasteiger partial charge in [0.1, 0.15) is 11.6 Å². The molecule has 9 nitrogen and oxygen atoms in total. The first kappa shape index (κ1) is 25.6. The van der Waals surface area contributed by atoms with Gasteiger partial charge in [0.15, 0.2) is 6.17 Å². The van der Waals surface area contributed by atoms with E-state index in [4.69, 9.17) is 5.73 Å². The summed E-state index contributed by atoms with van der Waals surface area (Å²) in [5, 5.41) is 7.96. The van der Waals surface area contributed by atoms with Crippen LogP contribution in [0.3, 0.4) is 0 Å². The molecule has 5 N–H and O–H groups in total. The summed E-state index contributed by atoms with van der Waals surface area (Å²) in [5.41, 5.74) is 7.91. The van der Waals surface area contributed by atoms with Gasteiger partial charge in [-0.05, 0) is 53.6 Å². The first-order valence-corrected chi connectivity index (χ1v) is 11.6. The third-order valence-corrected chi connectivity index (χ3v) is 5.79. The summed E-state index contributed by atoms with van der Waals surface area (Å²) in [6.07, 6.45) is -1.29. The van der Waals surface area contributed by atoms with Gasteiger partial charge >= 0.3 is 12.1 Å². The summed E-state index contributed by atoms with van der Waals surface area (Å²) in [5.74, 6) is -1.58. The van der Waals surface area contributed by atoms with Crippen molar-refractivity contribution < 1.29 is 23.2 Å². The summed E-state index contributed by atoms with van der Waals surface area (Å²) in [6, 6.07) is 16.5. The number of benzene rings is 3. The van der Waals surface area contributed by atoms with Gasteiger partial charge in [0.2, 0.25) is 0 Å². The Morgan fingerprint density at radius 2 is 1.41 bits per heavy atom. The number of nitrogens with two attached hydrogens (primary N) is 1. The third-order valence-electron chi connectivity index (χ3n) is 5.79. The quantitative estimate of drug-likeness (QED) is 0.408. The highest BCUT2D eigenvalue weighted by Gasteiger charge is 2.42. The zero-order valence-electron chi connectivity index (χ0n) is 19.8. The molecule has 3 aromatic carbocycles. The molecule has 1 aliphatic rings. The molecule has 192 valence electrons. The lowest BCUT2D eigenvalue weighted by atomic mass is 10.1. The predicted octanol–water partition coefficient (Wildman–Crippen LogP) is 3.45. The fraction of sp³-hybridized carbons (Fsp3) is 0.192. The lowest BCUT2D eigenvalue weighted by molar-refractivity contribution is -0.127. The smallest absolute Gasteiger partial charge is 0.323 e. The second-order valence-corrected chi connectivity index (χ2v) is 8.38. The van der Waals surface area contributed by atoms with E-state index in [2.05, 4.69) is 16.0 Å².